The van der Waals surface area contributed by atoms with Crippen molar-refractivity contribution in [3.8, 4) is 142 Å². The smallest absolute Gasteiger partial charge is 0.423 e. The summed E-state index contributed by atoms with van der Waals surface area (Å²) in [6, 6.07) is 117. The number of nitriles is 1. The van der Waals surface area contributed by atoms with Crippen molar-refractivity contribution in [3.05, 3.63) is 399 Å². The maximum absolute atomic E-state index is 10.7. The minimum Gasteiger partial charge on any atom is -0.423 e. The van der Waals surface area contributed by atoms with Crippen LogP contribution in [0.25, 0.3) is 136 Å². The van der Waals surface area contributed by atoms with Gasteiger partial charge >= 0.3 is 22.7 Å². The van der Waals surface area contributed by atoms with Gasteiger partial charge in [0.15, 0.2) is 56.7 Å². The van der Waals surface area contributed by atoms with Crippen LogP contribution in [-0.2, 0) is 31.8 Å². The Labute approximate surface area is 901 Å². The van der Waals surface area contributed by atoms with E-state index in [0.717, 1.165) is 98.1 Å². The number of rotatable bonds is 13. The van der Waals surface area contributed by atoms with E-state index in [-0.39, 0.29) is 21.7 Å². The van der Waals surface area contributed by atoms with Gasteiger partial charge in [0.05, 0.1) is 11.6 Å². The topological polar surface area (TPSA) is 235 Å². The molecule has 0 spiro atoms. The molecule has 142 heavy (non-hydrogen) atoms. The van der Waals surface area contributed by atoms with E-state index in [1.54, 1.807) is 24.3 Å². The summed E-state index contributed by atoms with van der Waals surface area (Å²) < 4.78 is 63.9. The summed E-state index contributed by atoms with van der Waals surface area (Å²) >= 11 is 38.5. The molecule has 3 heterocycles. The lowest BCUT2D eigenvalue weighted by Gasteiger charge is -2.19. The fraction of sp³-hybridized carbons (Fsp3) is 0.161. The van der Waals surface area contributed by atoms with E-state index in [1.165, 1.54) is 38.9 Å². The SMILES string of the molecule is Brc1ccc(-c2nc(-c3ccc(Br)cc3)nc(-c3ccc(Br)cc3)n2)cc1.Brc1ccc(-c2nc(-c3ccc(Br)cc3)nc(-c3ccc(Br)cc3)n2)cc1.CC(C)(C)c1ccc(-c2ccc(-c3nc(-c4ccc(-c5ccc(C(C)(C)C)cc5)cc4)nc(-c4ccc(-c5ccc(C(C)(C)C)cc5)cc4)n3)cc2)cc1.CC(C)(C)c1ccc(B(O)O)cc1.ClC(Cl)Cl.N#Cc1ccc(Br)cc1.O=S(=O)(O)C(F)(F)F. The standard InChI is InChI=1S/C51H51N3.2C21H12Br3N3.C10H15BO2.C7H4BrN.CHCl3.CHF3O3S/c1-49(2,3)43-28-22-37(23-29-43)34-10-16-40(17-11-34)46-52-47(41-18-12-35(13-19-41)38-24-30-44(31-25-38)50(4,5)6)54-48(53-46)42-20-14-36(15-21-42)39-26-32-45(33-27-39)51(7,8)9;2*22-16-7-1-13(2-8-16)19-25-20(14-3-9-17(23)10-4-14)27-21(26-19)15-5-11-18(24)12-6-15;1-10(2,3)8-4-6-9(7-5-8)11(12)13;8-7-3-1-6(5-9)2-4-7;2-1(3)4;2-1(3,4)8(5,6)7/h10-33H,1-9H3;2*1-12H;4-7,12-13H,1-3H3;1-4H;1H;(H,5,6,7). The first kappa shape index (κ1) is 112. The number of hydrogen-bond acceptors (Lipinski definition) is 14. The van der Waals surface area contributed by atoms with Gasteiger partial charge < -0.3 is 10.0 Å². The molecule has 15 nitrogen and oxygen atoms in total. The zero-order chi connectivity index (χ0) is 103. The van der Waals surface area contributed by atoms with Crippen LogP contribution in [0.5, 0.6) is 0 Å². The van der Waals surface area contributed by atoms with Gasteiger partial charge in [0.25, 0.3) is 0 Å². The van der Waals surface area contributed by atoms with E-state index >= 15 is 0 Å². The van der Waals surface area contributed by atoms with Gasteiger partial charge in [-0.15, -0.1) is 0 Å². The van der Waals surface area contributed by atoms with Crippen molar-refractivity contribution in [2.75, 3.05) is 0 Å². The zero-order valence-electron chi connectivity index (χ0n) is 78.9. The minimum atomic E-state index is -5.84. The van der Waals surface area contributed by atoms with Crippen LogP contribution in [-0.4, -0.2) is 84.8 Å². The Kier molecular flexibility index (Phi) is 39.7. The molecule has 30 heteroatoms. The third-order valence-corrected chi connectivity index (χ3v) is 25.8. The van der Waals surface area contributed by atoms with Crippen molar-refractivity contribution < 1.29 is 36.2 Å². The van der Waals surface area contributed by atoms with E-state index in [1.807, 2.05) is 176 Å². The maximum Gasteiger partial charge on any atom is 0.522 e. The molecular formula is C112H96BBr7Cl3F3N10O5S. The number of alkyl halides is 6. The highest BCUT2D eigenvalue weighted by Crippen LogP contribution is 2.37. The Bertz CT molecular complexity index is 6440. The molecule has 0 unspecified atom stereocenters. The molecule has 0 aliphatic carbocycles. The van der Waals surface area contributed by atoms with Crippen molar-refractivity contribution in [2.24, 2.45) is 0 Å². The second-order valence-electron chi connectivity index (χ2n) is 36.2. The molecule has 14 aromatic carbocycles. The summed E-state index contributed by atoms with van der Waals surface area (Å²) in [4.78, 5) is 43.4. The van der Waals surface area contributed by atoms with E-state index in [0.29, 0.717) is 63.4 Å². The predicted octanol–water partition coefficient (Wildman–Crippen LogP) is 33.5. The van der Waals surface area contributed by atoms with Gasteiger partial charge in [0.2, 0.25) is 0 Å². The molecule has 0 fully saturated rings. The van der Waals surface area contributed by atoms with E-state index in [4.69, 9.17) is 108 Å². The molecule has 0 amide bonds. The van der Waals surface area contributed by atoms with Crippen LogP contribution in [0.2, 0.25) is 0 Å². The molecule has 0 bridgehead atoms. The van der Waals surface area contributed by atoms with Gasteiger partial charge in [0.1, 0.15) is 0 Å². The zero-order valence-corrected chi connectivity index (χ0v) is 93.1. The largest absolute Gasteiger partial charge is 0.522 e. The monoisotopic (exact) mass is 2420 g/mol. The van der Waals surface area contributed by atoms with Gasteiger partial charge in [-0.05, 0) is 180 Å². The summed E-state index contributed by atoms with van der Waals surface area (Å²) in [5.74, 6) is 5.82. The van der Waals surface area contributed by atoms with E-state index in [2.05, 4.69) is 340 Å². The predicted molar refractivity (Wildman–Crippen MR) is 600 cm³/mol. The molecule has 0 saturated heterocycles. The first-order valence-electron chi connectivity index (χ1n) is 44.1. The van der Waals surface area contributed by atoms with Crippen LogP contribution in [0.3, 0.4) is 0 Å². The van der Waals surface area contributed by atoms with Crippen molar-refractivity contribution in [1.29, 1.82) is 5.26 Å². The molecule has 0 radical (unpaired) electrons. The molecule has 3 N–H and O–H groups in total. The van der Waals surface area contributed by atoms with Crippen molar-refractivity contribution in [2.45, 2.75) is 115 Å². The highest BCUT2D eigenvalue weighted by atomic mass is 79.9. The van der Waals surface area contributed by atoms with Gasteiger partial charge in [-0.2, -0.15) is 26.9 Å². The Morgan fingerprint density at radius 3 is 0.507 bits per heavy atom. The normalized spacial score (nSPS) is 11.4. The average molecular weight is 2430 g/mol. The van der Waals surface area contributed by atoms with Crippen molar-refractivity contribution in [3.63, 3.8) is 0 Å². The van der Waals surface area contributed by atoms with Crippen LogP contribution in [0.1, 0.15) is 111 Å². The number of benzene rings is 14. The van der Waals surface area contributed by atoms with Crippen LogP contribution in [0.4, 0.5) is 13.2 Å². The molecule has 17 rings (SSSR count). The Morgan fingerprint density at radius 2 is 0.380 bits per heavy atom. The van der Waals surface area contributed by atoms with Crippen LogP contribution < -0.4 is 5.46 Å². The fourth-order valence-corrected chi connectivity index (χ4v) is 15.3. The first-order valence-corrected chi connectivity index (χ1v) is 52.4. The lowest BCUT2D eigenvalue weighted by atomic mass is 9.78. The minimum absolute atomic E-state index is 0.110. The van der Waals surface area contributed by atoms with Gasteiger partial charge in [-0.1, -0.05) is 472 Å². The third kappa shape index (κ3) is 33.5. The summed E-state index contributed by atoms with van der Waals surface area (Å²) in [5.41, 5.74) is 16.8. The van der Waals surface area contributed by atoms with Crippen LogP contribution in [0, 0.1) is 11.3 Å². The molecule has 724 valence electrons. The van der Waals surface area contributed by atoms with Crippen LogP contribution >= 0.6 is 146 Å². The molecule has 0 aliphatic heterocycles. The van der Waals surface area contributed by atoms with Gasteiger partial charge in [-0.25, -0.2) is 44.9 Å². The lowest BCUT2D eigenvalue weighted by molar-refractivity contribution is -0.0510. The highest BCUT2D eigenvalue weighted by molar-refractivity contribution is 9.11. The molecule has 0 saturated carbocycles. The Morgan fingerprint density at radius 1 is 0.261 bits per heavy atom. The summed E-state index contributed by atoms with van der Waals surface area (Å²) in [7, 11) is -7.21. The average Bonchev–Trinajstić information content (AvgIpc) is 0.767. The van der Waals surface area contributed by atoms with Crippen LogP contribution in [0.15, 0.2) is 371 Å². The first-order chi connectivity index (χ1) is 67.0. The highest BCUT2D eigenvalue weighted by Gasteiger charge is 2.44. The molecular weight excluding hydrogens is 2330 g/mol. The fourth-order valence-electron chi connectivity index (χ4n) is 13.5. The molecule has 3 aromatic heterocycles. The maximum atomic E-state index is 10.7. The second-order valence-corrected chi connectivity index (χ2v) is 46.0. The summed E-state index contributed by atoms with van der Waals surface area (Å²) in [6.07, 6.45) is 0. The van der Waals surface area contributed by atoms with E-state index < -0.39 is 27.0 Å². The number of aromatic nitrogens is 9. The number of halogens is 13. The Hall–Kier alpha value is -10.5. The molecule has 0 atom stereocenters. The lowest BCUT2D eigenvalue weighted by Crippen LogP contribution is -2.29. The van der Waals surface area contributed by atoms with E-state index in [9.17, 15) is 13.2 Å². The summed E-state index contributed by atoms with van der Waals surface area (Å²) in [6.45, 7) is 26.6. The quantitative estimate of drug-likeness (QED) is 0.0421. The number of hydrogen-bond donors (Lipinski definition) is 3. The summed E-state index contributed by atoms with van der Waals surface area (Å²) in [5, 5.41) is 26.1. The van der Waals surface area contributed by atoms with Gasteiger partial charge in [-0.3, -0.25) is 4.55 Å². The number of nitrogens with zero attached hydrogens (tertiary/aromatic N) is 10. The van der Waals surface area contributed by atoms with Crippen molar-refractivity contribution >= 4 is 169 Å². The second kappa shape index (κ2) is 50.4. The van der Waals surface area contributed by atoms with Crippen molar-refractivity contribution in [1.82, 2.24) is 44.9 Å². The third-order valence-electron chi connectivity index (χ3n) is 21.5. The van der Waals surface area contributed by atoms with Gasteiger partial charge in [0, 0.05) is 81.4 Å². The Balaban J connectivity index is 0.000000183. The molecule has 0 aliphatic rings. The molecule has 17 aromatic rings.